The van der Waals surface area contributed by atoms with Gasteiger partial charge in [-0.2, -0.15) is 0 Å². The van der Waals surface area contributed by atoms with Gasteiger partial charge in [0.25, 0.3) is 0 Å². The summed E-state index contributed by atoms with van der Waals surface area (Å²) in [5.41, 5.74) is 7.58. The molecule has 2 N–H and O–H groups in total. The summed E-state index contributed by atoms with van der Waals surface area (Å²) < 4.78 is 0. The highest BCUT2D eigenvalue weighted by molar-refractivity contribution is 6.33. The van der Waals surface area contributed by atoms with Gasteiger partial charge < -0.3 is 10.6 Å². The number of anilines is 2. The summed E-state index contributed by atoms with van der Waals surface area (Å²) in [6.45, 7) is 1.13. The van der Waals surface area contributed by atoms with Crippen molar-refractivity contribution in [1.29, 1.82) is 0 Å². The highest BCUT2D eigenvalue weighted by Gasteiger charge is 2.39. The number of benzene rings is 1. The summed E-state index contributed by atoms with van der Waals surface area (Å²) in [6, 6.07) is 5.80. The summed E-state index contributed by atoms with van der Waals surface area (Å²) in [7, 11) is 2.14. The summed E-state index contributed by atoms with van der Waals surface area (Å²) in [4.78, 5) is 2.30. The van der Waals surface area contributed by atoms with Crippen molar-refractivity contribution in [3.8, 4) is 0 Å². The standard InChI is InChI=1S/C15H21ClN2/c1-18(15-5-4-13(17)8-14(15)16)9-12-7-10-2-3-11(12)6-10/h4-5,8,10-12H,2-3,6-7,9,17H2,1H3. The molecule has 0 aromatic heterocycles. The molecular weight excluding hydrogens is 244 g/mol. The third-order valence-corrected chi connectivity index (χ3v) is 5.08. The maximum Gasteiger partial charge on any atom is 0.0659 e. The van der Waals surface area contributed by atoms with Crippen molar-refractivity contribution in [1.82, 2.24) is 0 Å². The van der Waals surface area contributed by atoms with Crippen LogP contribution in [0.15, 0.2) is 18.2 Å². The minimum atomic E-state index is 0.733. The SMILES string of the molecule is CN(CC1CC2CCC1C2)c1ccc(N)cc1Cl. The summed E-state index contributed by atoms with van der Waals surface area (Å²) in [6.07, 6.45) is 5.79. The lowest BCUT2D eigenvalue weighted by Crippen LogP contribution is -2.28. The second kappa shape index (κ2) is 4.65. The number of fused-ring (bicyclic) bond motifs is 2. The van der Waals surface area contributed by atoms with Gasteiger partial charge >= 0.3 is 0 Å². The molecule has 1 aromatic rings. The molecule has 2 nitrogen and oxygen atoms in total. The zero-order valence-corrected chi connectivity index (χ0v) is 11.7. The molecule has 0 saturated heterocycles. The van der Waals surface area contributed by atoms with E-state index >= 15 is 0 Å². The molecule has 0 aliphatic heterocycles. The molecule has 18 heavy (non-hydrogen) atoms. The molecule has 3 unspecified atom stereocenters. The predicted molar refractivity (Wildman–Crippen MR) is 78.1 cm³/mol. The van der Waals surface area contributed by atoms with Gasteiger partial charge in [-0.1, -0.05) is 18.0 Å². The molecule has 2 aliphatic rings. The Kier molecular flexibility index (Phi) is 3.14. The summed E-state index contributed by atoms with van der Waals surface area (Å²) in [5.74, 6) is 2.84. The van der Waals surface area contributed by atoms with E-state index in [2.05, 4.69) is 11.9 Å². The van der Waals surface area contributed by atoms with Crippen molar-refractivity contribution < 1.29 is 0 Å². The minimum absolute atomic E-state index is 0.733. The Bertz CT molecular complexity index is 446. The molecule has 0 radical (unpaired) electrons. The average molecular weight is 265 g/mol. The van der Waals surface area contributed by atoms with Gasteiger partial charge in [0.2, 0.25) is 0 Å². The van der Waals surface area contributed by atoms with Crippen molar-refractivity contribution in [2.24, 2.45) is 17.8 Å². The molecule has 0 spiro atoms. The largest absolute Gasteiger partial charge is 0.399 e. The van der Waals surface area contributed by atoms with Gasteiger partial charge in [0.15, 0.2) is 0 Å². The van der Waals surface area contributed by atoms with Crippen LogP contribution in [0.1, 0.15) is 25.7 Å². The summed E-state index contributed by atoms with van der Waals surface area (Å²) in [5, 5.41) is 0.764. The monoisotopic (exact) mass is 264 g/mol. The number of rotatable bonds is 3. The van der Waals surface area contributed by atoms with Gasteiger partial charge in [0.1, 0.15) is 0 Å². The van der Waals surface area contributed by atoms with E-state index < -0.39 is 0 Å². The van der Waals surface area contributed by atoms with Crippen molar-refractivity contribution >= 4 is 23.0 Å². The molecule has 2 saturated carbocycles. The molecule has 1 aromatic carbocycles. The maximum absolute atomic E-state index is 6.27. The van der Waals surface area contributed by atoms with Gasteiger partial charge in [0.05, 0.1) is 10.7 Å². The fraction of sp³-hybridized carbons (Fsp3) is 0.600. The van der Waals surface area contributed by atoms with Crippen LogP contribution in [0.4, 0.5) is 11.4 Å². The highest BCUT2D eigenvalue weighted by atomic mass is 35.5. The molecule has 3 rings (SSSR count). The van der Waals surface area contributed by atoms with Crippen molar-refractivity contribution in [3.05, 3.63) is 23.2 Å². The first-order chi connectivity index (χ1) is 8.63. The van der Waals surface area contributed by atoms with Gasteiger partial charge in [-0.05, 0) is 55.2 Å². The normalized spacial score (nSPS) is 29.8. The van der Waals surface area contributed by atoms with Gasteiger partial charge in [0, 0.05) is 19.3 Å². The fourth-order valence-corrected chi connectivity index (χ4v) is 4.22. The van der Waals surface area contributed by atoms with Gasteiger partial charge in [-0.15, -0.1) is 0 Å². The first kappa shape index (κ1) is 12.2. The molecule has 2 fully saturated rings. The maximum atomic E-state index is 6.27. The Morgan fingerprint density at radius 2 is 2.17 bits per heavy atom. The second-order valence-electron chi connectivity index (χ2n) is 6.03. The number of nitrogen functional groups attached to an aromatic ring is 1. The van der Waals surface area contributed by atoms with Crippen LogP contribution in [0, 0.1) is 17.8 Å². The molecule has 98 valence electrons. The molecule has 3 heteroatoms. The molecule has 3 atom stereocenters. The molecule has 2 bridgehead atoms. The van der Waals surface area contributed by atoms with E-state index in [9.17, 15) is 0 Å². The Morgan fingerprint density at radius 3 is 2.78 bits per heavy atom. The smallest absolute Gasteiger partial charge is 0.0659 e. The van der Waals surface area contributed by atoms with Crippen LogP contribution in [0.2, 0.25) is 5.02 Å². The van der Waals surface area contributed by atoms with Crippen LogP contribution in [0.25, 0.3) is 0 Å². The Labute approximate surface area is 114 Å². The Balaban J connectivity index is 1.69. The van der Waals surface area contributed by atoms with E-state index in [1.807, 2.05) is 18.2 Å². The molecular formula is C15H21ClN2. The lowest BCUT2D eigenvalue weighted by Gasteiger charge is -2.29. The van der Waals surface area contributed by atoms with Crippen LogP contribution in [-0.2, 0) is 0 Å². The van der Waals surface area contributed by atoms with E-state index in [1.165, 1.54) is 25.7 Å². The number of halogens is 1. The molecule has 2 aliphatic carbocycles. The first-order valence-corrected chi connectivity index (χ1v) is 7.27. The number of hydrogen-bond acceptors (Lipinski definition) is 2. The number of nitrogens with two attached hydrogens (primary N) is 1. The molecule has 0 amide bonds. The second-order valence-corrected chi connectivity index (χ2v) is 6.43. The van der Waals surface area contributed by atoms with Gasteiger partial charge in [-0.25, -0.2) is 0 Å². The quantitative estimate of drug-likeness (QED) is 0.842. The van der Waals surface area contributed by atoms with Crippen molar-refractivity contribution in [2.75, 3.05) is 24.2 Å². The Morgan fingerprint density at radius 1 is 1.33 bits per heavy atom. The molecule has 0 heterocycles. The first-order valence-electron chi connectivity index (χ1n) is 6.89. The number of nitrogens with zero attached hydrogens (tertiary/aromatic N) is 1. The van der Waals surface area contributed by atoms with Crippen LogP contribution >= 0.6 is 11.6 Å². The van der Waals surface area contributed by atoms with Crippen LogP contribution in [0.3, 0.4) is 0 Å². The topological polar surface area (TPSA) is 29.3 Å². The van der Waals surface area contributed by atoms with Gasteiger partial charge in [-0.3, -0.25) is 0 Å². The van der Waals surface area contributed by atoms with E-state index in [0.29, 0.717) is 0 Å². The van der Waals surface area contributed by atoms with Crippen LogP contribution < -0.4 is 10.6 Å². The van der Waals surface area contributed by atoms with Crippen molar-refractivity contribution in [3.63, 3.8) is 0 Å². The van der Waals surface area contributed by atoms with E-state index in [-0.39, 0.29) is 0 Å². The summed E-state index contributed by atoms with van der Waals surface area (Å²) >= 11 is 6.27. The lowest BCUT2D eigenvalue weighted by atomic mass is 9.88. The van der Waals surface area contributed by atoms with E-state index in [0.717, 1.165) is 40.7 Å². The fourth-order valence-electron chi connectivity index (χ4n) is 3.88. The number of hydrogen-bond donors (Lipinski definition) is 1. The lowest BCUT2D eigenvalue weighted by molar-refractivity contribution is 0.337. The average Bonchev–Trinajstić information content (AvgIpc) is 2.90. The van der Waals surface area contributed by atoms with E-state index in [4.69, 9.17) is 17.3 Å². The zero-order chi connectivity index (χ0) is 12.7. The van der Waals surface area contributed by atoms with Crippen molar-refractivity contribution in [2.45, 2.75) is 25.7 Å². The third-order valence-electron chi connectivity index (χ3n) is 4.78. The zero-order valence-electron chi connectivity index (χ0n) is 10.9. The highest BCUT2D eigenvalue weighted by Crippen LogP contribution is 2.48. The Hall–Kier alpha value is -0.890. The van der Waals surface area contributed by atoms with Crippen LogP contribution in [-0.4, -0.2) is 13.6 Å². The minimum Gasteiger partial charge on any atom is -0.399 e. The van der Waals surface area contributed by atoms with E-state index in [1.54, 1.807) is 0 Å². The predicted octanol–water partition coefficient (Wildman–Crippen LogP) is 3.79. The third kappa shape index (κ3) is 2.18. The van der Waals surface area contributed by atoms with Crippen LogP contribution in [0.5, 0.6) is 0 Å².